The van der Waals surface area contributed by atoms with Crippen LogP contribution in [0, 0.1) is 104 Å². The van der Waals surface area contributed by atoms with Gasteiger partial charge in [0.2, 0.25) is 51.8 Å². The molecule has 5 aromatic carbocycles. The first-order valence-corrected chi connectivity index (χ1v) is 54.6. The highest BCUT2D eigenvalue weighted by Crippen LogP contribution is 2.64. The van der Waals surface area contributed by atoms with Gasteiger partial charge in [0, 0.05) is 136 Å². The number of aryl methyl sites for hydroxylation is 5. The Morgan fingerprint density at radius 2 is 0.638 bits per heavy atom. The van der Waals surface area contributed by atoms with E-state index in [4.69, 9.17) is 21.5 Å². The number of aliphatic hydroxyl groups is 2. The number of nitrogens with two attached hydrogens (primary N) is 1. The molecule has 8 N–H and O–H groups in total. The second kappa shape index (κ2) is 43.1. The van der Waals surface area contributed by atoms with Crippen molar-refractivity contribution in [2.75, 3.05) is 65.4 Å². The zero-order chi connectivity index (χ0) is 92.8. The molecule has 17 fully saturated rings. The summed E-state index contributed by atoms with van der Waals surface area (Å²) < 4.78 is 128. The van der Waals surface area contributed by atoms with Gasteiger partial charge in [-0.25, -0.2) is 46.9 Å². The summed E-state index contributed by atoms with van der Waals surface area (Å²) >= 11 is 0. The first-order chi connectivity index (χ1) is 61.0. The Morgan fingerprint density at radius 3 is 0.915 bits per heavy atom. The van der Waals surface area contributed by atoms with Crippen molar-refractivity contribution in [3.63, 3.8) is 0 Å². The highest BCUT2D eigenvalue weighted by atomic mass is 35.7. The molecule has 0 spiro atoms. The van der Waals surface area contributed by atoms with Crippen LogP contribution in [0.3, 0.4) is 0 Å². The SMILES string of the molecule is C.Cc1ccc(S(=O)(=O)Cl)cc1.Cc1ccc(S(=O)(=O)N2CCC(=O)CC2)cc1.Cc1ccc(S(=O)(=O)N2CCC(N)CC2)cc1.Cc1ccc(S(=O)(=O)N2CCC(NC(=O)C(=O)C34CC5CC(CC(C5)C3)C4)CC2)cc1.Cc1ccc(S(=O)(=O)N2CCC(NC(=O)C(O)C34CC5CC(CC(C5)C3)C4)CC2)cc1.O=C(O)C(O)C12CC3CC(CC(C3)C1)C2.O=C1CCNCC1. The predicted octanol–water partition coefficient (Wildman–Crippen LogP) is 12.5. The number of ketones is 3. The standard InChI is InChI=1S/C24H34N2O4S.C24H32N2O4S.C12H18N2O2S.C12H15NO3S.C12H18O3.C7H7ClO2S.C5H9NO.CH4/c2*1-16-2-4-21(5-3-16)31(29,30)26-8-6-20(7-9-26)25-23(28)22(27)24-13-17-10-18(14-24)12-19(11-17)15-24;1-10-2-4-12(5-3-10)17(15,16)14-8-6-11(13)7-9-14;1-10-2-4-12(5-3-10)17(15,16)13-8-6-11(14)7-9-13;13-10(11(14)15)12-4-7-1-8(5-12)3-9(2-7)6-12;1-6-2-4-7(5-3-6)11(8,9)10;7-5-1-3-6-4-2-5;/h2-5,17-20,22,27H,6-15H2,1H3,(H,25,28);2-5,17-20H,6-15H2,1H3,(H,25,28);2-5,11H,6-9,13H2,1H3;2-5H,6-9H2,1H3;7-10,13H,1-6H2,(H,14,15);2-5H,1H3;6H,1-4H2;1H4. The Hall–Kier alpha value is -6.76. The summed E-state index contributed by atoms with van der Waals surface area (Å²) in [6.07, 6.45) is 23.6. The molecule has 0 aromatic heterocycles. The van der Waals surface area contributed by atoms with Crippen molar-refractivity contribution in [1.29, 1.82) is 0 Å². The second-order valence-corrected chi connectivity index (χ2v) is 50.4. The monoisotopic (exact) mass is 1910 g/mol. The van der Waals surface area contributed by atoms with E-state index in [9.17, 15) is 81.1 Å². The Bertz CT molecular complexity index is 5250. The summed E-state index contributed by atoms with van der Waals surface area (Å²) in [5.74, 6) is 4.65. The van der Waals surface area contributed by atoms with Gasteiger partial charge in [0.1, 0.15) is 17.7 Å². The number of rotatable bonds is 17. The molecule has 5 heterocycles. The van der Waals surface area contributed by atoms with Crippen LogP contribution in [0.25, 0.3) is 0 Å². The second-order valence-electron chi connectivity index (χ2n) is 40.0. The first kappa shape index (κ1) is 102. The molecule has 12 aliphatic carbocycles. The van der Waals surface area contributed by atoms with Crippen molar-refractivity contribution in [2.45, 2.75) is 277 Å². The first-order valence-electron chi connectivity index (χ1n) is 46.5. The quantitative estimate of drug-likeness (QED) is 0.0336. The van der Waals surface area contributed by atoms with E-state index in [1.807, 2.05) is 58.9 Å². The number of hydrogen-bond donors (Lipinski definition) is 7. The molecule has 5 saturated heterocycles. The molecule has 5 aromatic rings. The fourth-order valence-electron chi connectivity index (χ4n) is 24.1. The summed E-state index contributed by atoms with van der Waals surface area (Å²) in [6.45, 7) is 14.5. The molecule has 33 heteroatoms. The van der Waals surface area contributed by atoms with E-state index >= 15 is 0 Å². The van der Waals surface area contributed by atoms with Crippen molar-refractivity contribution in [3.05, 3.63) is 149 Å². The van der Waals surface area contributed by atoms with Gasteiger partial charge in [-0.2, -0.15) is 17.2 Å². The number of piperidine rings is 5. The number of hydrogen-bond acceptors (Lipinski definition) is 20. The third-order valence-corrected chi connectivity index (χ3v) is 39.0. The average Bonchev–Trinajstić information content (AvgIpc) is 0.742. The number of nitrogens with one attached hydrogen (secondary N) is 3. The van der Waals surface area contributed by atoms with Gasteiger partial charge in [-0.15, -0.1) is 0 Å². The van der Waals surface area contributed by atoms with Gasteiger partial charge in [0.25, 0.3) is 15.0 Å². The number of halogens is 1. The summed E-state index contributed by atoms with van der Waals surface area (Å²) in [4.78, 5) is 72.9. The number of carboxylic acid groups (broad SMARTS) is 1. The Labute approximate surface area is 775 Å². The van der Waals surface area contributed by atoms with Crippen LogP contribution in [0.2, 0.25) is 0 Å². The van der Waals surface area contributed by atoms with Crippen molar-refractivity contribution < 1.29 is 86.2 Å². The average molecular weight is 1910 g/mol. The molecule has 12 bridgehead atoms. The van der Waals surface area contributed by atoms with Gasteiger partial charge < -0.3 is 37.0 Å². The van der Waals surface area contributed by atoms with Crippen LogP contribution in [0.1, 0.15) is 215 Å². The molecular formula is C97H137ClN8O19S5. The van der Waals surface area contributed by atoms with Crippen molar-refractivity contribution in [2.24, 2.45) is 75.2 Å². The third-order valence-electron chi connectivity index (χ3n) is 30.0. The summed E-state index contributed by atoms with van der Waals surface area (Å²) in [6, 6.07) is 33.9. The lowest BCUT2D eigenvalue weighted by molar-refractivity contribution is -0.170. The van der Waals surface area contributed by atoms with Crippen LogP contribution in [0.15, 0.2) is 146 Å². The van der Waals surface area contributed by atoms with E-state index in [-0.39, 0.29) is 58.8 Å². The fraction of sp³-hybridized carbons (Fsp3) is 0.629. The number of nitrogens with zero attached hydrogens (tertiary/aromatic N) is 4. The number of carboxylic acids is 1. The zero-order valence-corrected chi connectivity index (χ0v) is 80.0. The van der Waals surface area contributed by atoms with Crippen LogP contribution in [0.5, 0.6) is 0 Å². The van der Waals surface area contributed by atoms with E-state index in [1.54, 1.807) is 84.9 Å². The number of aliphatic carboxylic acids is 1. The third kappa shape index (κ3) is 25.1. The Morgan fingerprint density at radius 1 is 0.385 bits per heavy atom. The molecule has 17 aliphatic rings. The minimum Gasteiger partial charge on any atom is -0.479 e. The smallest absolute Gasteiger partial charge is 0.333 e. The molecule has 27 nitrogen and oxygen atoms in total. The molecule has 2 atom stereocenters. The van der Waals surface area contributed by atoms with Crippen molar-refractivity contribution in [3.8, 4) is 0 Å². The number of amides is 2. The van der Waals surface area contributed by atoms with E-state index in [1.165, 1.54) is 87.1 Å². The van der Waals surface area contributed by atoms with Gasteiger partial charge in [-0.1, -0.05) is 95.9 Å². The largest absolute Gasteiger partial charge is 0.479 e. The molecule has 0 radical (unpaired) electrons. The van der Waals surface area contributed by atoms with Gasteiger partial charge >= 0.3 is 5.97 Å². The topological polar surface area (TPSA) is 409 Å². The number of sulfonamides is 4. The summed E-state index contributed by atoms with van der Waals surface area (Å²) in [7, 11) is -12.2. The predicted molar refractivity (Wildman–Crippen MR) is 498 cm³/mol. The zero-order valence-electron chi connectivity index (χ0n) is 75.2. The van der Waals surface area contributed by atoms with E-state index < -0.39 is 78.6 Å². The van der Waals surface area contributed by atoms with Crippen LogP contribution in [-0.4, -0.2) is 206 Å². The van der Waals surface area contributed by atoms with Crippen molar-refractivity contribution >= 4 is 95.0 Å². The minimum atomic E-state index is -3.55. The molecular weight excluding hydrogens is 1780 g/mol. The number of benzene rings is 5. The lowest BCUT2D eigenvalue weighted by atomic mass is 9.48. The number of carbonyl (C=O) groups excluding carboxylic acids is 5. The minimum absolute atomic E-state index is 0. The van der Waals surface area contributed by atoms with Crippen LogP contribution in [0.4, 0.5) is 0 Å². The van der Waals surface area contributed by atoms with Crippen LogP contribution < -0.4 is 21.7 Å². The lowest BCUT2D eigenvalue weighted by Gasteiger charge is -2.58. The fourth-order valence-corrected chi connectivity index (χ4v) is 30.8. The maximum atomic E-state index is 13.2. The maximum Gasteiger partial charge on any atom is 0.333 e. The molecule has 130 heavy (non-hydrogen) atoms. The number of Topliss-reactive ketones (excluding diaryl/α,β-unsaturated/α-hetero) is 3. The van der Waals surface area contributed by atoms with E-state index in [0.29, 0.717) is 170 Å². The molecule has 12 saturated carbocycles. The van der Waals surface area contributed by atoms with Gasteiger partial charge in [-0.05, 0) is 303 Å². The molecule has 2 unspecified atom stereocenters. The Kier molecular flexibility index (Phi) is 33.9. The van der Waals surface area contributed by atoms with Gasteiger partial charge in [-0.3, -0.25) is 24.0 Å². The van der Waals surface area contributed by atoms with Gasteiger partial charge in [0.05, 0.1) is 24.5 Å². The Balaban J connectivity index is 0.000000143. The molecule has 2 amide bonds. The molecule has 716 valence electrons. The maximum absolute atomic E-state index is 13.2. The summed E-state index contributed by atoms with van der Waals surface area (Å²) in [5.41, 5.74) is 10.0. The van der Waals surface area contributed by atoms with E-state index in [0.717, 1.165) is 124 Å². The van der Waals surface area contributed by atoms with Crippen LogP contribution >= 0.6 is 10.7 Å². The number of carbonyl (C=O) groups is 6. The van der Waals surface area contributed by atoms with Crippen LogP contribution in [-0.2, 0) is 77.9 Å². The highest BCUT2D eigenvalue weighted by molar-refractivity contribution is 8.13. The van der Waals surface area contributed by atoms with Crippen molar-refractivity contribution in [1.82, 2.24) is 33.2 Å². The highest BCUT2D eigenvalue weighted by Gasteiger charge is 2.59. The molecule has 5 aliphatic heterocycles. The normalized spacial score (nSPS) is 29.0. The lowest BCUT2D eigenvalue weighted by Crippen LogP contribution is -2.57. The van der Waals surface area contributed by atoms with E-state index in [2.05, 4.69) is 16.0 Å². The number of aliphatic hydroxyl groups excluding tert-OH is 2. The molecule has 22 rings (SSSR count). The van der Waals surface area contributed by atoms with Gasteiger partial charge in [0.15, 0.2) is 6.10 Å². The summed E-state index contributed by atoms with van der Waals surface area (Å²) in [5, 5.41) is 39.0.